The van der Waals surface area contributed by atoms with Crippen molar-refractivity contribution >= 4 is 17.8 Å². The molecule has 108 valence electrons. The fourth-order valence-electron chi connectivity index (χ4n) is 1.91. The zero-order chi connectivity index (χ0) is 14.5. The summed E-state index contributed by atoms with van der Waals surface area (Å²) in [6.45, 7) is 2.58. The van der Waals surface area contributed by atoms with Crippen molar-refractivity contribution in [2.75, 3.05) is 31.1 Å². The average Bonchev–Trinajstić information content (AvgIpc) is 2.45. The van der Waals surface area contributed by atoms with E-state index in [0.29, 0.717) is 13.2 Å². The highest BCUT2D eigenvalue weighted by molar-refractivity contribution is 5.96. The molecule has 0 saturated carbocycles. The molecule has 20 heavy (non-hydrogen) atoms. The standard InChI is InChI=1S/C13H16FN3O3/c1-2-8-20-13(19)16-6-7-17(11(18)9-16)12-10(14)4-3-5-15-12/h3-5H,2,6-9H2,1H3. The molecule has 0 spiro atoms. The van der Waals surface area contributed by atoms with Gasteiger partial charge in [-0.15, -0.1) is 0 Å². The normalized spacial score (nSPS) is 15.4. The molecule has 6 nitrogen and oxygen atoms in total. The summed E-state index contributed by atoms with van der Waals surface area (Å²) in [6.07, 6.45) is 1.63. The number of carbonyl (C=O) groups is 2. The Kier molecular flexibility index (Phi) is 4.49. The SMILES string of the molecule is CCCOC(=O)N1CCN(c2ncccc2F)C(=O)C1. The van der Waals surface area contributed by atoms with Crippen molar-refractivity contribution in [1.29, 1.82) is 0 Å². The molecule has 0 radical (unpaired) electrons. The highest BCUT2D eigenvalue weighted by Gasteiger charge is 2.30. The maximum absolute atomic E-state index is 13.6. The summed E-state index contributed by atoms with van der Waals surface area (Å²) in [5.74, 6) is -0.927. The second-order valence-electron chi connectivity index (χ2n) is 4.39. The van der Waals surface area contributed by atoms with E-state index in [4.69, 9.17) is 4.74 Å². The van der Waals surface area contributed by atoms with Gasteiger partial charge in [0.2, 0.25) is 5.91 Å². The molecule has 2 heterocycles. The molecule has 1 saturated heterocycles. The third-order valence-electron chi connectivity index (χ3n) is 2.90. The molecule has 1 aromatic heterocycles. The molecule has 0 aliphatic carbocycles. The van der Waals surface area contributed by atoms with Crippen LogP contribution in [0.1, 0.15) is 13.3 Å². The first-order chi connectivity index (χ1) is 9.63. The van der Waals surface area contributed by atoms with Crippen LogP contribution >= 0.6 is 0 Å². The third kappa shape index (κ3) is 3.04. The Morgan fingerprint density at radius 1 is 1.50 bits per heavy atom. The van der Waals surface area contributed by atoms with Crippen molar-refractivity contribution < 1.29 is 18.7 Å². The lowest BCUT2D eigenvalue weighted by Crippen LogP contribution is -2.53. The lowest BCUT2D eigenvalue weighted by Gasteiger charge is -2.33. The Morgan fingerprint density at radius 2 is 2.30 bits per heavy atom. The van der Waals surface area contributed by atoms with Crippen LogP contribution in [0.4, 0.5) is 15.0 Å². The van der Waals surface area contributed by atoms with E-state index in [1.807, 2.05) is 6.92 Å². The van der Waals surface area contributed by atoms with Crippen LogP contribution in [-0.4, -0.2) is 48.1 Å². The summed E-state index contributed by atoms with van der Waals surface area (Å²) in [5.41, 5.74) is 0. The summed E-state index contributed by atoms with van der Waals surface area (Å²) < 4.78 is 18.6. The van der Waals surface area contributed by atoms with Gasteiger partial charge in [-0.3, -0.25) is 14.6 Å². The van der Waals surface area contributed by atoms with Gasteiger partial charge in [0.25, 0.3) is 0 Å². The van der Waals surface area contributed by atoms with Crippen molar-refractivity contribution in [3.05, 3.63) is 24.1 Å². The first-order valence-electron chi connectivity index (χ1n) is 6.46. The van der Waals surface area contributed by atoms with Gasteiger partial charge in [0.05, 0.1) is 6.61 Å². The Bertz CT molecular complexity index is 509. The van der Waals surface area contributed by atoms with Gasteiger partial charge in [-0.1, -0.05) is 6.92 Å². The largest absolute Gasteiger partial charge is 0.449 e. The summed E-state index contributed by atoms with van der Waals surface area (Å²) >= 11 is 0. The maximum Gasteiger partial charge on any atom is 0.410 e. The number of hydrogen-bond donors (Lipinski definition) is 0. The first-order valence-corrected chi connectivity index (χ1v) is 6.46. The van der Waals surface area contributed by atoms with Gasteiger partial charge >= 0.3 is 6.09 Å². The van der Waals surface area contributed by atoms with Crippen LogP contribution in [0.15, 0.2) is 18.3 Å². The number of carbonyl (C=O) groups excluding carboxylic acids is 2. The first kappa shape index (κ1) is 14.2. The monoisotopic (exact) mass is 281 g/mol. The van der Waals surface area contributed by atoms with Crippen LogP contribution in [-0.2, 0) is 9.53 Å². The van der Waals surface area contributed by atoms with Crippen molar-refractivity contribution in [3.8, 4) is 0 Å². The smallest absolute Gasteiger partial charge is 0.410 e. The molecule has 0 unspecified atom stereocenters. The zero-order valence-electron chi connectivity index (χ0n) is 11.2. The highest BCUT2D eigenvalue weighted by Crippen LogP contribution is 2.18. The number of pyridine rings is 1. The molecule has 1 aromatic rings. The lowest BCUT2D eigenvalue weighted by molar-refractivity contribution is -0.121. The summed E-state index contributed by atoms with van der Waals surface area (Å²) in [4.78, 5) is 30.1. The summed E-state index contributed by atoms with van der Waals surface area (Å²) in [6, 6.07) is 2.71. The molecule has 0 bridgehead atoms. The lowest BCUT2D eigenvalue weighted by atomic mass is 10.3. The molecule has 7 heteroatoms. The van der Waals surface area contributed by atoms with Crippen LogP contribution in [0.5, 0.6) is 0 Å². The van der Waals surface area contributed by atoms with Crippen LogP contribution < -0.4 is 4.90 Å². The second-order valence-corrected chi connectivity index (χ2v) is 4.39. The minimum Gasteiger partial charge on any atom is -0.449 e. The van der Waals surface area contributed by atoms with E-state index in [2.05, 4.69) is 4.98 Å². The number of piperazine rings is 1. The molecule has 1 aliphatic rings. The number of aromatic nitrogens is 1. The minimum atomic E-state index is -0.553. The average molecular weight is 281 g/mol. The van der Waals surface area contributed by atoms with Gasteiger partial charge in [-0.2, -0.15) is 0 Å². The van der Waals surface area contributed by atoms with E-state index >= 15 is 0 Å². The van der Waals surface area contributed by atoms with Crippen LogP contribution in [0.25, 0.3) is 0 Å². The van der Waals surface area contributed by atoms with Gasteiger partial charge in [-0.25, -0.2) is 14.2 Å². The Labute approximate surface area is 116 Å². The summed E-state index contributed by atoms with van der Waals surface area (Å²) in [7, 11) is 0. The van der Waals surface area contributed by atoms with Gasteiger partial charge in [0.1, 0.15) is 6.54 Å². The van der Waals surface area contributed by atoms with Crippen LogP contribution in [0, 0.1) is 5.82 Å². The highest BCUT2D eigenvalue weighted by atomic mass is 19.1. The predicted octanol–water partition coefficient (Wildman–Crippen LogP) is 1.42. The van der Waals surface area contributed by atoms with E-state index in [-0.39, 0.29) is 24.8 Å². The molecule has 1 fully saturated rings. The Balaban J connectivity index is 2.01. The van der Waals surface area contributed by atoms with Crippen LogP contribution in [0.3, 0.4) is 0 Å². The van der Waals surface area contributed by atoms with Gasteiger partial charge in [0.15, 0.2) is 11.6 Å². The number of anilines is 1. The van der Waals surface area contributed by atoms with Crippen molar-refractivity contribution in [2.24, 2.45) is 0 Å². The molecule has 2 amide bonds. The van der Waals surface area contributed by atoms with Crippen molar-refractivity contribution in [3.63, 3.8) is 0 Å². The second kappa shape index (κ2) is 6.31. The number of rotatable bonds is 3. The molecular formula is C13H16FN3O3. The number of nitrogens with zero attached hydrogens (tertiary/aromatic N) is 3. The van der Waals surface area contributed by atoms with Crippen molar-refractivity contribution in [1.82, 2.24) is 9.88 Å². The summed E-state index contributed by atoms with van der Waals surface area (Å²) in [5, 5.41) is 0. The topological polar surface area (TPSA) is 62.7 Å². The predicted molar refractivity (Wildman–Crippen MR) is 69.8 cm³/mol. The van der Waals surface area contributed by atoms with E-state index in [0.717, 1.165) is 6.42 Å². The fraction of sp³-hybridized carbons (Fsp3) is 0.462. The quantitative estimate of drug-likeness (QED) is 0.840. The zero-order valence-corrected chi connectivity index (χ0v) is 11.2. The molecule has 0 aromatic carbocycles. The molecule has 0 N–H and O–H groups in total. The van der Waals surface area contributed by atoms with Gasteiger partial charge in [-0.05, 0) is 18.6 Å². The maximum atomic E-state index is 13.6. The van der Waals surface area contributed by atoms with Gasteiger partial charge in [0, 0.05) is 19.3 Å². The third-order valence-corrected chi connectivity index (χ3v) is 2.90. The van der Waals surface area contributed by atoms with E-state index in [1.165, 1.54) is 28.1 Å². The number of hydrogen-bond acceptors (Lipinski definition) is 4. The van der Waals surface area contributed by atoms with Crippen molar-refractivity contribution in [2.45, 2.75) is 13.3 Å². The Morgan fingerprint density at radius 3 is 2.95 bits per heavy atom. The number of ether oxygens (including phenoxy) is 1. The van der Waals surface area contributed by atoms with Gasteiger partial charge < -0.3 is 4.74 Å². The number of amides is 2. The molecule has 0 atom stereocenters. The minimum absolute atomic E-state index is 0.000856. The molecule has 1 aliphatic heterocycles. The van der Waals surface area contributed by atoms with E-state index in [1.54, 1.807) is 0 Å². The number of halogens is 1. The van der Waals surface area contributed by atoms with E-state index < -0.39 is 11.9 Å². The molecule has 2 rings (SSSR count). The Hall–Kier alpha value is -2.18. The molecular weight excluding hydrogens is 265 g/mol. The van der Waals surface area contributed by atoms with Crippen LogP contribution in [0.2, 0.25) is 0 Å². The van der Waals surface area contributed by atoms with E-state index in [9.17, 15) is 14.0 Å². The fourth-order valence-corrected chi connectivity index (χ4v) is 1.91.